The molecule has 0 aliphatic heterocycles. The Morgan fingerprint density at radius 1 is 0.789 bits per heavy atom. The molecule has 0 aromatic carbocycles. The molecule has 0 bridgehead atoms. The van der Waals surface area contributed by atoms with E-state index < -0.39 is 0 Å². The highest BCUT2D eigenvalue weighted by Gasteiger charge is 2.34. The molecule has 0 spiro atoms. The topological polar surface area (TPSA) is 0 Å². The van der Waals surface area contributed by atoms with Gasteiger partial charge >= 0.3 is 0 Å². The van der Waals surface area contributed by atoms with Gasteiger partial charge < -0.3 is 0 Å². The van der Waals surface area contributed by atoms with Gasteiger partial charge in [-0.25, -0.2) is 0 Å². The Bertz CT molecular complexity index is 245. The first kappa shape index (κ1) is 19.0. The summed E-state index contributed by atoms with van der Waals surface area (Å²) in [7, 11) is 0. The van der Waals surface area contributed by atoms with Crippen LogP contribution in [0.2, 0.25) is 0 Å². The quantitative estimate of drug-likeness (QED) is 0.454. The van der Waals surface area contributed by atoms with Crippen molar-refractivity contribution in [3.8, 4) is 0 Å². The zero-order chi connectivity index (χ0) is 15.4. The van der Waals surface area contributed by atoms with E-state index in [2.05, 4.69) is 69.2 Å². The Balaban J connectivity index is 4.49. The van der Waals surface area contributed by atoms with Crippen LogP contribution in [0.1, 0.15) is 88.5 Å². The molecule has 0 radical (unpaired) electrons. The molecular weight excluding hydrogens is 228 g/mol. The maximum atomic E-state index is 2.47. The summed E-state index contributed by atoms with van der Waals surface area (Å²) < 4.78 is 0. The second kappa shape index (κ2) is 7.14. The molecule has 0 aromatic rings. The molecule has 116 valence electrons. The third-order valence-corrected chi connectivity index (χ3v) is 5.66. The molecule has 0 N–H and O–H groups in total. The molecular formula is C19H40. The van der Waals surface area contributed by atoms with Crippen LogP contribution in [0.5, 0.6) is 0 Å². The van der Waals surface area contributed by atoms with Crippen molar-refractivity contribution in [1.82, 2.24) is 0 Å². The van der Waals surface area contributed by atoms with Gasteiger partial charge in [0.05, 0.1) is 0 Å². The summed E-state index contributed by atoms with van der Waals surface area (Å²) in [5.74, 6) is 3.18. The third kappa shape index (κ3) is 6.32. The van der Waals surface area contributed by atoms with E-state index in [-0.39, 0.29) is 0 Å². The van der Waals surface area contributed by atoms with Crippen molar-refractivity contribution in [3.05, 3.63) is 0 Å². The first-order valence-corrected chi connectivity index (χ1v) is 8.40. The van der Waals surface area contributed by atoms with Crippen LogP contribution in [0, 0.1) is 34.5 Å². The van der Waals surface area contributed by atoms with E-state index in [4.69, 9.17) is 0 Å². The van der Waals surface area contributed by atoms with Crippen molar-refractivity contribution in [1.29, 1.82) is 0 Å². The van der Waals surface area contributed by atoms with Crippen molar-refractivity contribution < 1.29 is 0 Å². The molecule has 2 atom stereocenters. The molecule has 0 saturated heterocycles. The van der Waals surface area contributed by atoms with Gasteiger partial charge in [0, 0.05) is 0 Å². The zero-order valence-corrected chi connectivity index (χ0v) is 15.4. The molecule has 19 heavy (non-hydrogen) atoms. The monoisotopic (exact) mass is 268 g/mol. The fraction of sp³-hybridized carbons (Fsp3) is 1.00. The maximum Gasteiger partial charge on any atom is -0.0300 e. The van der Waals surface area contributed by atoms with E-state index in [0.717, 1.165) is 23.7 Å². The standard InChI is InChI=1S/C19H40/c1-14(2)13-18(7,8)12-11-16(5)19(9,10)17(6)15(3)4/h14-17H,11-13H2,1-10H3. The van der Waals surface area contributed by atoms with Crippen LogP contribution < -0.4 is 0 Å². The smallest absolute Gasteiger partial charge is 0.0300 e. The average Bonchev–Trinajstić information content (AvgIpc) is 2.22. The van der Waals surface area contributed by atoms with Crippen molar-refractivity contribution in [2.45, 2.75) is 88.5 Å². The lowest BCUT2D eigenvalue weighted by atomic mass is 9.64. The highest BCUT2D eigenvalue weighted by molar-refractivity contribution is 4.84. The van der Waals surface area contributed by atoms with E-state index in [0.29, 0.717) is 10.8 Å². The Labute approximate surface area is 123 Å². The lowest BCUT2D eigenvalue weighted by Crippen LogP contribution is -2.33. The Kier molecular flexibility index (Phi) is 7.14. The second-order valence-corrected chi connectivity index (χ2v) is 9.06. The SMILES string of the molecule is CC(C)CC(C)(C)CCC(C)C(C)(C)C(C)C(C)C. The summed E-state index contributed by atoms with van der Waals surface area (Å²) >= 11 is 0. The number of hydrogen-bond donors (Lipinski definition) is 0. The molecule has 0 aliphatic carbocycles. The molecule has 0 rings (SSSR count). The van der Waals surface area contributed by atoms with Gasteiger partial charge in [-0.2, -0.15) is 0 Å². The summed E-state index contributed by atoms with van der Waals surface area (Å²) in [4.78, 5) is 0. The van der Waals surface area contributed by atoms with Gasteiger partial charge in [-0.15, -0.1) is 0 Å². The van der Waals surface area contributed by atoms with E-state index in [1.165, 1.54) is 19.3 Å². The second-order valence-electron chi connectivity index (χ2n) is 9.06. The summed E-state index contributed by atoms with van der Waals surface area (Å²) in [6.45, 7) is 24.1. The van der Waals surface area contributed by atoms with E-state index in [1.54, 1.807) is 0 Å². The first-order chi connectivity index (χ1) is 8.40. The van der Waals surface area contributed by atoms with Crippen LogP contribution in [0.4, 0.5) is 0 Å². The minimum absolute atomic E-state index is 0.447. The molecule has 2 unspecified atom stereocenters. The lowest BCUT2D eigenvalue weighted by Gasteiger charge is -2.41. The highest BCUT2D eigenvalue weighted by Crippen LogP contribution is 2.43. The molecule has 0 nitrogen and oxygen atoms in total. The predicted octanol–water partition coefficient (Wildman–Crippen LogP) is 6.79. The minimum Gasteiger partial charge on any atom is -0.0628 e. The van der Waals surface area contributed by atoms with Gasteiger partial charge in [0.25, 0.3) is 0 Å². The maximum absolute atomic E-state index is 2.47. The predicted molar refractivity (Wildman–Crippen MR) is 89.4 cm³/mol. The van der Waals surface area contributed by atoms with Crippen LogP contribution in [0.25, 0.3) is 0 Å². The summed E-state index contributed by atoms with van der Waals surface area (Å²) in [5, 5.41) is 0. The summed E-state index contributed by atoms with van der Waals surface area (Å²) in [6.07, 6.45) is 4.07. The van der Waals surface area contributed by atoms with E-state index >= 15 is 0 Å². The highest BCUT2D eigenvalue weighted by atomic mass is 14.4. The van der Waals surface area contributed by atoms with Gasteiger partial charge in [-0.05, 0) is 53.8 Å². The van der Waals surface area contributed by atoms with Crippen molar-refractivity contribution in [2.24, 2.45) is 34.5 Å². The van der Waals surface area contributed by atoms with E-state index in [1.807, 2.05) is 0 Å². The average molecular weight is 269 g/mol. The molecule has 0 aromatic heterocycles. The third-order valence-electron chi connectivity index (χ3n) is 5.66. The van der Waals surface area contributed by atoms with Gasteiger partial charge in [-0.1, -0.05) is 69.2 Å². The van der Waals surface area contributed by atoms with Crippen molar-refractivity contribution in [2.75, 3.05) is 0 Å². The van der Waals surface area contributed by atoms with Gasteiger partial charge in [0.15, 0.2) is 0 Å². The molecule has 0 fully saturated rings. The number of rotatable bonds is 8. The molecule has 0 heteroatoms. The molecule has 0 heterocycles. The van der Waals surface area contributed by atoms with Crippen LogP contribution in [0.3, 0.4) is 0 Å². The Hall–Kier alpha value is 0. The molecule has 0 saturated carbocycles. The summed E-state index contributed by atoms with van der Waals surface area (Å²) in [6, 6.07) is 0. The van der Waals surface area contributed by atoms with Gasteiger partial charge in [-0.3, -0.25) is 0 Å². The first-order valence-electron chi connectivity index (χ1n) is 8.40. The molecule has 0 aliphatic rings. The van der Waals surface area contributed by atoms with Crippen LogP contribution in [-0.2, 0) is 0 Å². The number of hydrogen-bond acceptors (Lipinski definition) is 0. The largest absolute Gasteiger partial charge is 0.0628 e. The normalized spacial score (nSPS) is 17.1. The van der Waals surface area contributed by atoms with Gasteiger partial charge in [0.2, 0.25) is 0 Å². The minimum atomic E-state index is 0.447. The fourth-order valence-corrected chi connectivity index (χ4v) is 3.49. The van der Waals surface area contributed by atoms with Crippen molar-refractivity contribution >= 4 is 0 Å². The zero-order valence-electron chi connectivity index (χ0n) is 15.4. The van der Waals surface area contributed by atoms with Crippen LogP contribution >= 0.6 is 0 Å². The van der Waals surface area contributed by atoms with Crippen LogP contribution in [0.15, 0.2) is 0 Å². The Morgan fingerprint density at radius 2 is 1.26 bits per heavy atom. The van der Waals surface area contributed by atoms with E-state index in [9.17, 15) is 0 Å². The Morgan fingerprint density at radius 3 is 1.63 bits per heavy atom. The van der Waals surface area contributed by atoms with Crippen molar-refractivity contribution in [3.63, 3.8) is 0 Å². The van der Waals surface area contributed by atoms with Crippen LogP contribution in [-0.4, -0.2) is 0 Å². The lowest BCUT2D eigenvalue weighted by molar-refractivity contribution is 0.0844. The summed E-state index contributed by atoms with van der Waals surface area (Å²) in [5.41, 5.74) is 0.946. The molecule has 0 amide bonds. The van der Waals surface area contributed by atoms with Gasteiger partial charge in [0.1, 0.15) is 0 Å². The fourth-order valence-electron chi connectivity index (χ4n) is 3.49.